The molecule has 0 fully saturated rings. The standard InChI is InChI=1S/C17H19BrFN/c1-12(11-14-7-3-6-10-17(14)19)20-13(2)15-8-4-5-9-16(15)18/h3-10,12-13,20H,11H2,1-2H3/t12?,13-/m1/s1. The molecule has 2 rings (SSSR count). The minimum Gasteiger partial charge on any atom is -0.307 e. The summed E-state index contributed by atoms with van der Waals surface area (Å²) in [4.78, 5) is 0. The normalized spacial score (nSPS) is 14.0. The molecule has 0 aromatic heterocycles. The fraction of sp³-hybridized carbons (Fsp3) is 0.294. The zero-order valence-electron chi connectivity index (χ0n) is 11.7. The number of nitrogens with one attached hydrogen (secondary N) is 1. The van der Waals surface area contributed by atoms with Crippen LogP contribution in [0.3, 0.4) is 0 Å². The Morgan fingerprint density at radius 3 is 2.40 bits per heavy atom. The van der Waals surface area contributed by atoms with Crippen LogP contribution in [0, 0.1) is 5.82 Å². The highest BCUT2D eigenvalue weighted by molar-refractivity contribution is 9.10. The SMILES string of the molecule is CC(Cc1ccccc1F)N[C@H](C)c1ccccc1Br. The summed E-state index contributed by atoms with van der Waals surface area (Å²) < 4.78 is 14.7. The van der Waals surface area contributed by atoms with Gasteiger partial charge in [-0.3, -0.25) is 0 Å². The van der Waals surface area contributed by atoms with E-state index >= 15 is 0 Å². The number of rotatable bonds is 5. The molecule has 0 spiro atoms. The van der Waals surface area contributed by atoms with Gasteiger partial charge in [0.25, 0.3) is 0 Å². The lowest BCUT2D eigenvalue weighted by molar-refractivity contribution is 0.468. The van der Waals surface area contributed by atoms with E-state index in [0.717, 1.165) is 10.0 Å². The van der Waals surface area contributed by atoms with E-state index < -0.39 is 0 Å². The number of hydrogen-bond donors (Lipinski definition) is 1. The first-order chi connectivity index (χ1) is 9.58. The summed E-state index contributed by atoms with van der Waals surface area (Å²) in [6, 6.07) is 15.5. The van der Waals surface area contributed by atoms with E-state index in [-0.39, 0.29) is 17.9 Å². The Kier molecular flexibility index (Phi) is 5.32. The summed E-state index contributed by atoms with van der Waals surface area (Å²) in [6.45, 7) is 4.21. The molecule has 0 saturated carbocycles. The zero-order valence-corrected chi connectivity index (χ0v) is 13.3. The molecule has 0 aliphatic heterocycles. The molecule has 1 nitrogen and oxygen atoms in total. The Bertz CT molecular complexity index is 570. The van der Waals surface area contributed by atoms with Crippen molar-refractivity contribution in [1.82, 2.24) is 5.32 Å². The maximum atomic E-state index is 13.6. The summed E-state index contributed by atoms with van der Waals surface area (Å²) in [6.07, 6.45) is 0.682. The van der Waals surface area contributed by atoms with Crippen LogP contribution < -0.4 is 5.32 Å². The smallest absolute Gasteiger partial charge is 0.126 e. The molecule has 2 aromatic rings. The van der Waals surface area contributed by atoms with Crippen LogP contribution in [0.4, 0.5) is 4.39 Å². The van der Waals surface area contributed by atoms with Crippen LogP contribution in [-0.2, 0) is 6.42 Å². The van der Waals surface area contributed by atoms with Crippen molar-refractivity contribution in [3.63, 3.8) is 0 Å². The molecule has 106 valence electrons. The van der Waals surface area contributed by atoms with E-state index in [9.17, 15) is 4.39 Å². The van der Waals surface area contributed by atoms with Crippen LogP contribution in [0.15, 0.2) is 53.0 Å². The first-order valence-electron chi connectivity index (χ1n) is 6.82. The average molecular weight is 336 g/mol. The number of benzene rings is 2. The molecule has 0 bridgehead atoms. The van der Waals surface area contributed by atoms with Gasteiger partial charge in [0.1, 0.15) is 5.82 Å². The molecule has 0 amide bonds. The van der Waals surface area contributed by atoms with E-state index in [1.807, 2.05) is 30.3 Å². The second kappa shape index (κ2) is 7.00. The van der Waals surface area contributed by atoms with E-state index in [4.69, 9.17) is 0 Å². The van der Waals surface area contributed by atoms with Crippen molar-refractivity contribution in [2.75, 3.05) is 0 Å². The third-order valence-electron chi connectivity index (χ3n) is 3.39. The van der Waals surface area contributed by atoms with Crippen LogP contribution in [0.1, 0.15) is 31.0 Å². The van der Waals surface area contributed by atoms with Gasteiger partial charge >= 0.3 is 0 Å². The van der Waals surface area contributed by atoms with E-state index in [1.165, 1.54) is 11.6 Å². The molecule has 3 heteroatoms. The van der Waals surface area contributed by atoms with Crippen molar-refractivity contribution >= 4 is 15.9 Å². The van der Waals surface area contributed by atoms with Crippen molar-refractivity contribution in [2.24, 2.45) is 0 Å². The predicted molar refractivity (Wildman–Crippen MR) is 85.3 cm³/mol. The number of halogens is 2. The van der Waals surface area contributed by atoms with Gasteiger partial charge in [-0.05, 0) is 43.5 Å². The van der Waals surface area contributed by atoms with Crippen LogP contribution in [0.2, 0.25) is 0 Å². The molecule has 0 aliphatic carbocycles. The van der Waals surface area contributed by atoms with Gasteiger partial charge in [-0.25, -0.2) is 4.39 Å². The van der Waals surface area contributed by atoms with Crippen LogP contribution >= 0.6 is 15.9 Å². The first-order valence-corrected chi connectivity index (χ1v) is 7.61. The maximum Gasteiger partial charge on any atom is 0.126 e. The summed E-state index contributed by atoms with van der Waals surface area (Å²) in [5.41, 5.74) is 1.97. The third-order valence-corrected chi connectivity index (χ3v) is 4.11. The monoisotopic (exact) mass is 335 g/mol. The quantitative estimate of drug-likeness (QED) is 0.821. The lowest BCUT2D eigenvalue weighted by Gasteiger charge is -2.21. The fourth-order valence-corrected chi connectivity index (χ4v) is 3.02. The van der Waals surface area contributed by atoms with Gasteiger partial charge < -0.3 is 5.32 Å². The Morgan fingerprint density at radius 2 is 1.70 bits per heavy atom. The summed E-state index contributed by atoms with van der Waals surface area (Å²) in [7, 11) is 0. The van der Waals surface area contributed by atoms with Gasteiger partial charge in [0.05, 0.1) is 0 Å². The highest BCUT2D eigenvalue weighted by Crippen LogP contribution is 2.23. The highest BCUT2D eigenvalue weighted by Gasteiger charge is 2.13. The van der Waals surface area contributed by atoms with E-state index in [2.05, 4.69) is 41.2 Å². The van der Waals surface area contributed by atoms with Crippen molar-refractivity contribution in [2.45, 2.75) is 32.4 Å². The zero-order chi connectivity index (χ0) is 14.5. The molecule has 1 unspecified atom stereocenters. The van der Waals surface area contributed by atoms with Crippen LogP contribution in [-0.4, -0.2) is 6.04 Å². The van der Waals surface area contributed by atoms with Crippen molar-refractivity contribution in [1.29, 1.82) is 0 Å². The first kappa shape index (κ1) is 15.2. The van der Waals surface area contributed by atoms with E-state index in [1.54, 1.807) is 6.07 Å². The predicted octanol–water partition coefficient (Wildman–Crippen LogP) is 4.87. The molecule has 0 heterocycles. The van der Waals surface area contributed by atoms with Gasteiger partial charge in [0, 0.05) is 16.6 Å². The van der Waals surface area contributed by atoms with Gasteiger partial charge in [-0.15, -0.1) is 0 Å². The minimum atomic E-state index is -0.130. The van der Waals surface area contributed by atoms with Gasteiger partial charge in [-0.1, -0.05) is 52.3 Å². The second-order valence-corrected chi connectivity index (χ2v) is 5.96. The summed E-state index contributed by atoms with van der Waals surface area (Å²) in [5, 5.41) is 3.52. The molecular weight excluding hydrogens is 317 g/mol. The van der Waals surface area contributed by atoms with Crippen molar-refractivity contribution in [3.05, 3.63) is 69.9 Å². The number of hydrogen-bond acceptors (Lipinski definition) is 1. The highest BCUT2D eigenvalue weighted by atomic mass is 79.9. The molecule has 0 aliphatic rings. The Morgan fingerprint density at radius 1 is 1.05 bits per heavy atom. The molecule has 1 N–H and O–H groups in total. The third kappa shape index (κ3) is 3.90. The lowest BCUT2D eigenvalue weighted by atomic mass is 10.0. The van der Waals surface area contributed by atoms with Gasteiger partial charge in [-0.2, -0.15) is 0 Å². The molecule has 0 saturated heterocycles. The van der Waals surface area contributed by atoms with Crippen molar-refractivity contribution < 1.29 is 4.39 Å². The van der Waals surface area contributed by atoms with E-state index in [0.29, 0.717) is 6.42 Å². The largest absolute Gasteiger partial charge is 0.307 e. The van der Waals surface area contributed by atoms with Gasteiger partial charge in [0.2, 0.25) is 0 Å². The van der Waals surface area contributed by atoms with Crippen LogP contribution in [0.5, 0.6) is 0 Å². The molecule has 2 atom stereocenters. The Hall–Kier alpha value is -1.19. The average Bonchev–Trinajstić information content (AvgIpc) is 2.41. The molecular formula is C17H19BrFN. The Labute approximate surface area is 128 Å². The lowest BCUT2D eigenvalue weighted by Crippen LogP contribution is -2.31. The maximum absolute atomic E-state index is 13.6. The molecule has 0 radical (unpaired) electrons. The minimum absolute atomic E-state index is 0.130. The second-order valence-electron chi connectivity index (χ2n) is 5.11. The molecule has 2 aromatic carbocycles. The summed E-state index contributed by atoms with van der Waals surface area (Å²) >= 11 is 3.57. The summed E-state index contributed by atoms with van der Waals surface area (Å²) in [5.74, 6) is -0.130. The molecule has 20 heavy (non-hydrogen) atoms. The van der Waals surface area contributed by atoms with Crippen LogP contribution in [0.25, 0.3) is 0 Å². The topological polar surface area (TPSA) is 12.0 Å². The van der Waals surface area contributed by atoms with Gasteiger partial charge in [0.15, 0.2) is 0 Å². The fourth-order valence-electron chi connectivity index (χ4n) is 2.40. The Balaban J connectivity index is 2.00. The van der Waals surface area contributed by atoms with Crippen molar-refractivity contribution in [3.8, 4) is 0 Å².